The van der Waals surface area contributed by atoms with Gasteiger partial charge in [-0.05, 0) is 49.8 Å². The molecule has 0 heterocycles. The van der Waals surface area contributed by atoms with Crippen LogP contribution in [0, 0.1) is 5.41 Å². The summed E-state index contributed by atoms with van der Waals surface area (Å²) in [5.74, 6) is 0.132. The molecule has 0 saturated heterocycles. The second-order valence-corrected chi connectivity index (χ2v) is 8.18. The van der Waals surface area contributed by atoms with Crippen LogP contribution in [0.4, 0.5) is 0 Å². The van der Waals surface area contributed by atoms with Gasteiger partial charge >= 0.3 is 5.97 Å². The van der Waals surface area contributed by atoms with E-state index in [2.05, 4.69) is 26.1 Å². The van der Waals surface area contributed by atoms with Crippen LogP contribution in [-0.4, -0.2) is 31.1 Å². The first kappa shape index (κ1) is 21.0. The van der Waals surface area contributed by atoms with Crippen LogP contribution < -0.4 is 10.1 Å². The summed E-state index contributed by atoms with van der Waals surface area (Å²) in [6, 6.07) is 7.53. The number of hydrogen-bond donors (Lipinski definition) is 1. The summed E-state index contributed by atoms with van der Waals surface area (Å²) in [6.45, 7) is 10.1. The Hall–Kier alpha value is -2.04. The maximum Gasteiger partial charge on any atom is 0.306 e. The van der Waals surface area contributed by atoms with Gasteiger partial charge in [0.05, 0.1) is 7.11 Å². The van der Waals surface area contributed by atoms with Crippen LogP contribution in [0.2, 0.25) is 0 Å². The number of benzene rings is 1. The van der Waals surface area contributed by atoms with Crippen molar-refractivity contribution in [2.45, 2.75) is 59.4 Å². The Morgan fingerprint density at radius 2 is 1.64 bits per heavy atom. The molecule has 0 aliphatic rings. The van der Waals surface area contributed by atoms with E-state index in [1.54, 1.807) is 7.11 Å². The summed E-state index contributed by atoms with van der Waals surface area (Å²) in [6.07, 6.45) is 1.64. The van der Waals surface area contributed by atoms with Crippen LogP contribution in [-0.2, 0) is 20.7 Å². The predicted molar refractivity (Wildman–Crippen MR) is 98.6 cm³/mol. The van der Waals surface area contributed by atoms with Gasteiger partial charge in [0.2, 0.25) is 0 Å². The number of esters is 1. The van der Waals surface area contributed by atoms with Gasteiger partial charge in [-0.15, -0.1) is 0 Å². The van der Waals surface area contributed by atoms with E-state index in [1.807, 2.05) is 38.1 Å². The molecule has 1 N–H and O–H groups in total. The topological polar surface area (TPSA) is 64.6 Å². The van der Waals surface area contributed by atoms with Crippen LogP contribution >= 0.6 is 0 Å². The van der Waals surface area contributed by atoms with Gasteiger partial charge in [-0.25, -0.2) is 0 Å². The van der Waals surface area contributed by atoms with Crippen LogP contribution in [0.3, 0.4) is 0 Å². The molecule has 1 rings (SSSR count). The SMILES string of the molecule is COc1ccc(CCC(=O)OCC(=O)NC(C)(C)CC(C)(C)C)cc1. The molecule has 0 bridgehead atoms. The number of aryl methyl sites for hydroxylation is 1. The Kier molecular flexibility index (Phi) is 7.46. The highest BCUT2D eigenvalue weighted by atomic mass is 16.5. The second-order valence-electron chi connectivity index (χ2n) is 8.18. The number of carbonyl (C=O) groups excluding carboxylic acids is 2. The van der Waals surface area contributed by atoms with Crippen molar-refractivity contribution >= 4 is 11.9 Å². The predicted octanol–water partition coefficient (Wildman–Crippen LogP) is 3.50. The van der Waals surface area contributed by atoms with E-state index in [0.29, 0.717) is 6.42 Å². The molecule has 5 nitrogen and oxygen atoms in total. The highest BCUT2D eigenvalue weighted by Gasteiger charge is 2.27. The Morgan fingerprint density at radius 1 is 1.04 bits per heavy atom. The molecule has 25 heavy (non-hydrogen) atoms. The molecule has 0 fully saturated rings. The van der Waals surface area contributed by atoms with E-state index in [1.165, 1.54) is 0 Å². The first-order valence-corrected chi connectivity index (χ1v) is 8.60. The van der Waals surface area contributed by atoms with Crippen LogP contribution in [0.5, 0.6) is 5.75 Å². The summed E-state index contributed by atoms with van der Waals surface area (Å²) < 4.78 is 10.2. The van der Waals surface area contributed by atoms with E-state index in [9.17, 15) is 9.59 Å². The highest BCUT2D eigenvalue weighted by Crippen LogP contribution is 2.26. The lowest BCUT2D eigenvalue weighted by molar-refractivity contribution is -0.149. The van der Waals surface area contributed by atoms with E-state index < -0.39 is 0 Å². The van der Waals surface area contributed by atoms with Gasteiger partial charge in [0.15, 0.2) is 6.61 Å². The number of methoxy groups -OCH3 is 1. The zero-order valence-electron chi connectivity index (χ0n) is 16.3. The fraction of sp³-hybridized carbons (Fsp3) is 0.600. The smallest absolute Gasteiger partial charge is 0.306 e. The molecular weight excluding hydrogens is 318 g/mol. The third kappa shape index (κ3) is 9.13. The van der Waals surface area contributed by atoms with Crippen molar-refractivity contribution < 1.29 is 19.1 Å². The zero-order chi connectivity index (χ0) is 19.1. The van der Waals surface area contributed by atoms with Crippen molar-refractivity contribution in [2.24, 2.45) is 5.41 Å². The monoisotopic (exact) mass is 349 g/mol. The largest absolute Gasteiger partial charge is 0.497 e. The van der Waals surface area contributed by atoms with Crippen molar-refractivity contribution in [3.63, 3.8) is 0 Å². The second kappa shape index (κ2) is 8.88. The number of rotatable bonds is 8. The van der Waals surface area contributed by atoms with E-state index in [4.69, 9.17) is 9.47 Å². The summed E-state index contributed by atoms with van der Waals surface area (Å²) in [5.41, 5.74) is 0.782. The third-order valence-electron chi connectivity index (χ3n) is 3.59. The number of nitrogens with one attached hydrogen (secondary N) is 1. The van der Waals surface area contributed by atoms with Gasteiger partial charge in [0, 0.05) is 12.0 Å². The van der Waals surface area contributed by atoms with Crippen molar-refractivity contribution in [2.75, 3.05) is 13.7 Å². The molecule has 140 valence electrons. The Morgan fingerprint density at radius 3 is 2.16 bits per heavy atom. The first-order valence-electron chi connectivity index (χ1n) is 8.60. The normalized spacial score (nSPS) is 11.8. The van der Waals surface area contributed by atoms with Crippen molar-refractivity contribution in [1.82, 2.24) is 5.32 Å². The molecule has 0 saturated carbocycles. The fourth-order valence-electron chi connectivity index (χ4n) is 3.04. The molecular formula is C20H31NO4. The summed E-state index contributed by atoms with van der Waals surface area (Å²) in [7, 11) is 1.61. The van der Waals surface area contributed by atoms with E-state index >= 15 is 0 Å². The molecule has 1 aromatic rings. The van der Waals surface area contributed by atoms with Crippen molar-refractivity contribution in [3.8, 4) is 5.75 Å². The third-order valence-corrected chi connectivity index (χ3v) is 3.59. The standard InChI is InChI=1S/C20H31NO4/c1-19(2,3)14-20(4,5)21-17(22)13-25-18(23)12-9-15-7-10-16(24-6)11-8-15/h7-8,10-11H,9,12-14H2,1-6H3,(H,21,22). The average Bonchev–Trinajstić information content (AvgIpc) is 2.48. The highest BCUT2D eigenvalue weighted by molar-refractivity contribution is 5.81. The van der Waals surface area contributed by atoms with Gasteiger partial charge in [-0.3, -0.25) is 9.59 Å². The van der Waals surface area contributed by atoms with Gasteiger partial charge in [-0.1, -0.05) is 32.9 Å². The van der Waals surface area contributed by atoms with Crippen molar-refractivity contribution in [3.05, 3.63) is 29.8 Å². The molecule has 1 aromatic carbocycles. The van der Waals surface area contributed by atoms with Gasteiger partial charge in [-0.2, -0.15) is 0 Å². The molecule has 0 aliphatic heterocycles. The summed E-state index contributed by atoms with van der Waals surface area (Å²) in [5, 5.41) is 2.92. The maximum atomic E-state index is 12.0. The van der Waals surface area contributed by atoms with Crippen LogP contribution in [0.15, 0.2) is 24.3 Å². The molecule has 0 aromatic heterocycles. The number of hydrogen-bond acceptors (Lipinski definition) is 4. The minimum Gasteiger partial charge on any atom is -0.497 e. The fourth-order valence-corrected chi connectivity index (χ4v) is 3.04. The Labute approximate surface area is 151 Å². The van der Waals surface area contributed by atoms with Crippen molar-refractivity contribution in [1.29, 1.82) is 0 Å². The van der Waals surface area contributed by atoms with Gasteiger partial charge in [0.25, 0.3) is 5.91 Å². The molecule has 0 spiro atoms. The zero-order valence-corrected chi connectivity index (χ0v) is 16.3. The molecule has 0 unspecified atom stereocenters. The summed E-state index contributed by atoms with van der Waals surface area (Å²) >= 11 is 0. The molecule has 0 radical (unpaired) electrons. The van der Waals surface area contributed by atoms with E-state index in [0.717, 1.165) is 17.7 Å². The quantitative estimate of drug-likeness (QED) is 0.730. The minimum absolute atomic E-state index is 0.103. The number of amides is 1. The number of carbonyl (C=O) groups is 2. The Bertz CT molecular complexity index is 570. The lowest BCUT2D eigenvalue weighted by Gasteiger charge is -2.33. The van der Waals surface area contributed by atoms with Gasteiger partial charge in [0.1, 0.15) is 5.75 Å². The molecule has 5 heteroatoms. The van der Waals surface area contributed by atoms with Crippen LogP contribution in [0.25, 0.3) is 0 Å². The van der Waals surface area contributed by atoms with Gasteiger partial charge < -0.3 is 14.8 Å². The minimum atomic E-state index is -0.375. The molecule has 0 atom stereocenters. The number of ether oxygens (including phenoxy) is 2. The average molecular weight is 349 g/mol. The van der Waals surface area contributed by atoms with E-state index in [-0.39, 0.29) is 35.9 Å². The molecule has 1 amide bonds. The molecule has 0 aliphatic carbocycles. The first-order chi connectivity index (χ1) is 11.5. The Balaban J connectivity index is 2.34. The lowest BCUT2D eigenvalue weighted by atomic mass is 9.82. The summed E-state index contributed by atoms with van der Waals surface area (Å²) in [4.78, 5) is 23.8. The van der Waals surface area contributed by atoms with Crippen LogP contribution in [0.1, 0.15) is 53.0 Å². The lowest BCUT2D eigenvalue weighted by Crippen LogP contribution is -2.47. The maximum absolute atomic E-state index is 12.0.